The van der Waals surface area contributed by atoms with Gasteiger partial charge in [0, 0.05) is 17.8 Å². The van der Waals surface area contributed by atoms with Gasteiger partial charge >= 0.3 is 0 Å². The van der Waals surface area contributed by atoms with E-state index in [0.29, 0.717) is 29.9 Å². The molecule has 20 heavy (non-hydrogen) atoms. The molecular weight excluding hydrogens is 250 g/mol. The molecule has 1 saturated heterocycles. The van der Waals surface area contributed by atoms with Crippen molar-refractivity contribution in [3.05, 3.63) is 29.8 Å². The topological polar surface area (TPSA) is 56.1 Å². The highest BCUT2D eigenvalue weighted by molar-refractivity contribution is 5.92. The van der Waals surface area contributed by atoms with Crippen LogP contribution < -0.4 is 5.32 Å². The summed E-state index contributed by atoms with van der Waals surface area (Å²) in [5, 5.41) is 11.7. The molecule has 1 heterocycles. The molecule has 1 N–H and O–H groups in total. The third-order valence-electron chi connectivity index (χ3n) is 3.98. The van der Waals surface area contributed by atoms with Gasteiger partial charge in [0.05, 0.1) is 18.2 Å². The minimum Gasteiger partial charge on any atom is -0.325 e. The average molecular weight is 271 g/mol. The Kier molecular flexibility index (Phi) is 4.75. The lowest BCUT2D eigenvalue weighted by atomic mass is 9.97. The van der Waals surface area contributed by atoms with Crippen molar-refractivity contribution in [2.45, 2.75) is 45.2 Å². The molecule has 1 aromatic rings. The Balaban J connectivity index is 1.96. The van der Waals surface area contributed by atoms with E-state index in [1.165, 1.54) is 6.42 Å². The summed E-state index contributed by atoms with van der Waals surface area (Å²) in [5.74, 6) is -0.0133. The molecule has 1 aromatic carbocycles. The lowest BCUT2D eigenvalue weighted by Gasteiger charge is -2.38. The van der Waals surface area contributed by atoms with Gasteiger partial charge < -0.3 is 5.32 Å². The second-order valence-corrected chi connectivity index (χ2v) is 5.54. The molecule has 106 valence electrons. The normalized spacial score (nSPS) is 23.1. The number of anilines is 1. The number of hydrogen-bond acceptors (Lipinski definition) is 3. The van der Waals surface area contributed by atoms with Gasteiger partial charge in [-0.15, -0.1) is 0 Å². The Morgan fingerprint density at radius 3 is 2.75 bits per heavy atom. The minimum absolute atomic E-state index is 0.0133. The number of nitrogens with one attached hydrogen (secondary N) is 1. The van der Waals surface area contributed by atoms with Gasteiger partial charge in [-0.05, 0) is 44.9 Å². The zero-order valence-corrected chi connectivity index (χ0v) is 12.1. The lowest BCUT2D eigenvalue weighted by molar-refractivity contribution is -0.118. The van der Waals surface area contributed by atoms with Crippen LogP contribution in [0.2, 0.25) is 0 Å². The first-order valence-corrected chi connectivity index (χ1v) is 7.16. The molecule has 1 amide bonds. The van der Waals surface area contributed by atoms with Gasteiger partial charge in [0.25, 0.3) is 0 Å². The van der Waals surface area contributed by atoms with E-state index in [0.717, 1.165) is 12.8 Å². The Morgan fingerprint density at radius 1 is 1.40 bits per heavy atom. The third kappa shape index (κ3) is 3.58. The van der Waals surface area contributed by atoms with Crippen LogP contribution in [0.5, 0.6) is 0 Å². The van der Waals surface area contributed by atoms with Gasteiger partial charge in [-0.2, -0.15) is 5.26 Å². The highest BCUT2D eigenvalue weighted by Crippen LogP contribution is 2.22. The molecule has 2 unspecified atom stereocenters. The Hall–Kier alpha value is -1.86. The fourth-order valence-corrected chi connectivity index (χ4v) is 2.82. The smallest absolute Gasteiger partial charge is 0.238 e. The van der Waals surface area contributed by atoms with Crippen LogP contribution in [0, 0.1) is 11.3 Å². The van der Waals surface area contributed by atoms with E-state index < -0.39 is 0 Å². The van der Waals surface area contributed by atoms with Crippen molar-refractivity contribution < 1.29 is 4.79 Å². The van der Waals surface area contributed by atoms with Gasteiger partial charge in [-0.3, -0.25) is 9.69 Å². The summed E-state index contributed by atoms with van der Waals surface area (Å²) in [7, 11) is 0. The quantitative estimate of drug-likeness (QED) is 0.919. The number of likely N-dealkylation sites (tertiary alicyclic amines) is 1. The van der Waals surface area contributed by atoms with Crippen LogP contribution in [0.25, 0.3) is 0 Å². The minimum atomic E-state index is -0.0133. The first-order valence-electron chi connectivity index (χ1n) is 7.16. The number of nitriles is 1. The Morgan fingerprint density at radius 2 is 2.10 bits per heavy atom. The molecule has 0 aromatic heterocycles. The summed E-state index contributed by atoms with van der Waals surface area (Å²) in [6.45, 7) is 4.78. The zero-order chi connectivity index (χ0) is 14.5. The number of rotatable bonds is 3. The molecule has 1 fully saturated rings. The lowest BCUT2D eigenvalue weighted by Crippen LogP contribution is -2.47. The van der Waals surface area contributed by atoms with Crippen molar-refractivity contribution >= 4 is 11.6 Å². The molecular formula is C16H21N3O. The van der Waals surface area contributed by atoms with Crippen LogP contribution in [0.1, 0.15) is 38.7 Å². The van der Waals surface area contributed by atoms with E-state index in [4.69, 9.17) is 5.26 Å². The summed E-state index contributed by atoms with van der Waals surface area (Å²) in [5.41, 5.74) is 1.24. The maximum absolute atomic E-state index is 12.1. The monoisotopic (exact) mass is 271 g/mol. The summed E-state index contributed by atoms with van der Waals surface area (Å²) in [6, 6.07) is 9.99. The summed E-state index contributed by atoms with van der Waals surface area (Å²) < 4.78 is 0. The van der Waals surface area contributed by atoms with E-state index in [1.54, 1.807) is 18.2 Å². The molecule has 0 bridgehead atoms. The van der Waals surface area contributed by atoms with Crippen molar-refractivity contribution in [1.29, 1.82) is 5.26 Å². The fourth-order valence-electron chi connectivity index (χ4n) is 2.82. The highest BCUT2D eigenvalue weighted by Gasteiger charge is 2.26. The van der Waals surface area contributed by atoms with E-state index >= 15 is 0 Å². The van der Waals surface area contributed by atoms with E-state index in [9.17, 15) is 4.79 Å². The molecule has 2 rings (SSSR count). The first-order chi connectivity index (χ1) is 9.60. The Bertz CT molecular complexity index is 511. The maximum atomic E-state index is 12.1. The van der Waals surface area contributed by atoms with Gasteiger partial charge in [0.1, 0.15) is 0 Å². The van der Waals surface area contributed by atoms with Crippen LogP contribution in [-0.2, 0) is 4.79 Å². The molecule has 0 radical (unpaired) electrons. The van der Waals surface area contributed by atoms with E-state index in [1.807, 2.05) is 6.07 Å². The van der Waals surface area contributed by atoms with Crippen LogP contribution in [-0.4, -0.2) is 29.4 Å². The molecule has 1 aliphatic rings. The predicted octanol–water partition coefficient (Wildman–Crippen LogP) is 2.76. The molecule has 0 saturated carbocycles. The highest BCUT2D eigenvalue weighted by atomic mass is 16.2. The summed E-state index contributed by atoms with van der Waals surface area (Å²) in [4.78, 5) is 14.4. The van der Waals surface area contributed by atoms with E-state index in [2.05, 4.69) is 30.1 Å². The van der Waals surface area contributed by atoms with Crippen LogP contribution in [0.3, 0.4) is 0 Å². The standard InChI is InChI=1S/C16H21N3O/c1-12-5-3-6-13(2)19(12)11-16(20)18-15-8-4-7-14(9-15)10-17/h4,7-9,12-13H,3,5-6,11H2,1-2H3,(H,18,20). The van der Waals surface area contributed by atoms with Crippen molar-refractivity contribution in [2.75, 3.05) is 11.9 Å². The van der Waals surface area contributed by atoms with Crippen molar-refractivity contribution in [3.63, 3.8) is 0 Å². The Labute approximate surface area is 120 Å². The number of carbonyl (C=O) groups is 1. The van der Waals surface area contributed by atoms with Gasteiger partial charge in [-0.25, -0.2) is 0 Å². The van der Waals surface area contributed by atoms with Crippen LogP contribution in [0.15, 0.2) is 24.3 Å². The second-order valence-electron chi connectivity index (χ2n) is 5.54. The number of hydrogen-bond donors (Lipinski definition) is 1. The molecule has 0 spiro atoms. The van der Waals surface area contributed by atoms with Gasteiger partial charge in [0.15, 0.2) is 0 Å². The summed E-state index contributed by atoms with van der Waals surface area (Å²) in [6.07, 6.45) is 3.55. The number of nitrogens with zero attached hydrogens (tertiary/aromatic N) is 2. The van der Waals surface area contributed by atoms with Gasteiger partial charge in [-0.1, -0.05) is 12.5 Å². The SMILES string of the molecule is CC1CCCC(C)N1CC(=O)Nc1cccc(C#N)c1. The van der Waals surface area contributed by atoms with Crippen molar-refractivity contribution in [2.24, 2.45) is 0 Å². The van der Waals surface area contributed by atoms with Crippen molar-refractivity contribution in [1.82, 2.24) is 4.90 Å². The largest absolute Gasteiger partial charge is 0.325 e. The predicted molar refractivity (Wildman–Crippen MR) is 79.3 cm³/mol. The fraction of sp³-hybridized carbons (Fsp3) is 0.500. The average Bonchev–Trinajstić information content (AvgIpc) is 2.43. The zero-order valence-electron chi connectivity index (χ0n) is 12.1. The molecule has 2 atom stereocenters. The third-order valence-corrected chi connectivity index (χ3v) is 3.98. The molecule has 4 nitrogen and oxygen atoms in total. The van der Waals surface area contributed by atoms with Gasteiger partial charge in [0.2, 0.25) is 5.91 Å². The first kappa shape index (κ1) is 14.5. The van der Waals surface area contributed by atoms with Crippen molar-refractivity contribution in [3.8, 4) is 6.07 Å². The van der Waals surface area contributed by atoms with Crippen LogP contribution >= 0.6 is 0 Å². The summed E-state index contributed by atoms with van der Waals surface area (Å²) >= 11 is 0. The molecule has 1 aliphatic heterocycles. The number of piperidine rings is 1. The molecule has 4 heteroatoms. The number of amides is 1. The van der Waals surface area contributed by atoms with Crippen LogP contribution in [0.4, 0.5) is 5.69 Å². The second kappa shape index (κ2) is 6.53. The molecule has 0 aliphatic carbocycles. The number of carbonyl (C=O) groups excluding carboxylic acids is 1. The van der Waals surface area contributed by atoms with E-state index in [-0.39, 0.29) is 5.91 Å². The maximum Gasteiger partial charge on any atom is 0.238 e. The number of benzene rings is 1.